The Labute approximate surface area is 97.5 Å². The third kappa shape index (κ3) is 4.10. The smallest absolute Gasteiger partial charge is 0.323 e. The van der Waals surface area contributed by atoms with Gasteiger partial charge in [0, 0.05) is 13.2 Å². The van der Waals surface area contributed by atoms with Crippen LogP contribution in [0, 0.1) is 11.3 Å². The van der Waals surface area contributed by atoms with E-state index in [1.165, 1.54) is 0 Å². The molecule has 16 heavy (non-hydrogen) atoms. The van der Waals surface area contributed by atoms with Gasteiger partial charge in [0.25, 0.3) is 0 Å². The topological polar surface area (TPSA) is 61.6 Å². The summed E-state index contributed by atoms with van der Waals surface area (Å²) in [5.41, 5.74) is 5.57. The van der Waals surface area contributed by atoms with E-state index >= 15 is 0 Å². The van der Waals surface area contributed by atoms with E-state index in [2.05, 4.69) is 0 Å². The molecule has 1 atom stereocenters. The molecule has 0 unspecified atom stereocenters. The Bertz CT molecular complexity index is 229. The lowest BCUT2D eigenvalue weighted by Crippen LogP contribution is -2.43. The minimum atomic E-state index is -0.549. The lowest BCUT2D eigenvalue weighted by molar-refractivity contribution is -0.150. The van der Waals surface area contributed by atoms with Gasteiger partial charge < -0.3 is 15.2 Å². The van der Waals surface area contributed by atoms with E-state index in [1.807, 2.05) is 20.8 Å². The summed E-state index contributed by atoms with van der Waals surface area (Å²) in [7, 11) is 0. The van der Waals surface area contributed by atoms with Gasteiger partial charge in [-0.05, 0) is 24.2 Å². The summed E-state index contributed by atoms with van der Waals surface area (Å²) in [5.74, 6) is 0.142. The Morgan fingerprint density at radius 3 is 2.50 bits per heavy atom. The summed E-state index contributed by atoms with van der Waals surface area (Å²) in [4.78, 5) is 11.7. The van der Waals surface area contributed by atoms with Crippen LogP contribution < -0.4 is 5.73 Å². The average molecular weight is 229 g/mol. The van der Waals surface area contributed by atoms with Crippen LogP contribution in [0.2, 0.25) is 0 Å². The second kappa shape index (κ2) is 5.64. The molecule has 94 valence electrons. The highest BCUT2D eigenvalue weighted by Gasteiger charge is 2.29. The summed E-state index contributed by atoms with van der Waals surface area (Å²) >= 11 is 0. The number of ether oxygens (including phenoxy) is 2. The van der Waals surface area contributed by atoms with Gasteiger partial charge in [-0.15, -0.1) is 0 Å². The second-order valence-electron chi connectivity index (χ2n) is 5.53. The molecule has 1 aliphatic heterocycles. The van der Waals surface area contributed by atoms with Crippen LogP contribution >= 0.6 is 0 Å². The zero-order chi connectivity index (χ0) is 12.2. The molecule has 2 N–H and O–H groups in total. The zero-order valence-electron chi connectivity index (χ0n) is 10.5. The van der Waals surface area contributed by atoms with Crippen LogP contribution in [0.5, 0.6) is 0 Å². The predicted molar refractivity (Wildman–Crippen MR) is 61.9 cm³/mol. The molecule has 0 aromatic heterocycles. The van der Waals surface area contributed by atoms with Gasteiger partial charge in [0.1, 0.15) is 6.04 Å². The first-order chi connectivity index (χ1) is 7.41. The predicted octanol–water partition coefficient (Wildman–Crippen LogP) is 1.33. The fourth-order valence-corrected chi connectivity index (χ4v) is 1.56. The lowest BCUT2D eigenvalue weighted by Gasteiger charge is -2.27. The standard InChI is InChI=1S/C12H23NO3/c1-12(2,3)10(13)11(14)16-8-9-4-6-15-7-5-9/h9-10H,4-8,13H2,1-3H3/t10-/m1/s1. The molecule has 0 aromatic carbocycles. The van der Waals surface area contributed by atoms with E-state index in [1.54, 1.807) is 0 Å². The molecule has 0 radical (unpaired) electrons. The molecule has 0 spiro atoms. The fourth-order valence-electron chi connectivity index (χ4n) is 1.56. The van der Waals surface area contributed by atoms with E-state index in [0.717, 1.165) is 26.1 Å². The molecule has 4 nitrogen and oxygen atoms in total. The third-order valence-electron chi connectivity index (χ3n) is 2.99. The van der Waals surface area contributed by atoms with Gasteiger partial charge in [-0.3, -0.25) is 4.79 Å². The van der Waals surface area contributed by atoms with Crippen molar-refractivity contribution in [2.24, 2.45) is 17.1 Å². The van der Waals surface area contributed by atoms with Crippen LogP contribution in [-0.4, -0.2) is 31.8 Å². The maximum absolute atomic E-state index is 11.7. The SMILES string of the molecule is CC(C)(C)[C@H](N)C(=O)OCC1CCOCC1. The van der Waals surface area contributed by atoms with Crippen LogP contribution in [0.15, 0.2) is 0 Å². The van der Waals surface area contributed by atoms with Crippen molar-refractivity contribution < 1.29 is 14.3 Å². The van der Waals surface area contributed by atoms with Crippen molar-refractivity contribution in [1.82, 2.24) is 0 Å². The molecule has 0 aromatic rings. The molecule has 0 bridgehead atoms. The molecule has 0 saturated carbocycles. The van der Waals surface area contributed by atoms with E-state index in [0.29, 0.717) is 12.5 Å². The number of nitrogens with two attached hydrogens (primary N) is 1. The van der Waals surface area contributed by atoms with Gasteiger partial charge in [0.15, 0.2) is 0 Å². The van der Waals surface area contributed by atoms with E-state index in [9.17, 15) is 4.79 Å². The first-order valence-corrected chi connectivity index (χ1v) is 5.91. The van der Waals surface area contributed by atoms with E-state index in [-0.39, 0.29) is 11.4 Å². The van der Waals surface area contributed by atoms with Crippen molar-refractivity contribution in [1.29, 1.82) is 0 Å². The summed E-state index contributed by atoms with van der Waals surface area (Å²) < 4.78 is 10.5. The molecule has 1 rings (SSSR count). The van der Waals surface area contributed by atoms with Gasteiger partial charge in [0.2, 0.25) is 0 Å². The normalized spacial score (nSPS) is 20.5. The van der Waals surface area contributed by atoms with Gasteiger partial charge in [0.05, 0.1) is 6.61 Å². The molecular formula is C12H23NO3. The largest absolute Gasteiger partial charge is 0.464 e. The average Bonchev–Trinajstić information content (AvgIpc) is 2.25. The highest BCUT2D eigenvalue weighted by atomic mass is 16.5. The Balaban J connectivity index is 2.29. The van der Waals surface area contributed by atoms with Crippen LogP contribution in [0.1, 0.15) is 33.6 Å². The van der Waals surface area contributed by atoms with Crippen molar-refractivity contribution >= 4 is 5.97 Å². The summed E-state index contributed by atoms with van der Waals surface area (Å²) in [6, 6.07) is -0.549. The molecule has 1 aliphatic rings. The molecule has 4 heteroatoms. The number of hydrogen-bond acceptors (Lipinski definition) is 4. The van der Waals surface area contributed by atoms with Crippen LogP contribution in [0.25, 0.3) is 0 Å². The van der Waals surface area contributed by atoms with Crippen molar-refractivity contribution in [2.75, 3.05) is 19.8 Å². The minimum Gasteiger partial charge on any atom is -0.464 e. The van der Waals surface area contributed by atoms with Gasteiger partial charge >= 0.3 is 5.97 Å². The highest BCUT2D eigenvalue weighted by Crippen LogP contribution is 2.20. The second-order valence-corrected chi connectivity index (χ2v) is 5.53. The van der Waals surface area contributed by atoms with Gasteiger partial charge in [-0.25, -0.2) is 0 Å². The summed E-state index contributed by atoms with van der Waals surface area (Å²) in [5, 5.41) is 0. The summed E-state index contributed by atoms with van der Waals surface area (Å²) in [6.07, 6.45) is 1.94. The molecule has 0 amide bonds. The van der Waals surface area contributed by atoms with Crippen molar-refractivity contribution in [3.05, 3.63) is 0 Å². The Kier molecular flexibility index (Phi) is 4.74. The highest BCUT2D eigenvalue weighted by molar-refractivity contribution is 5.76. The Morgan fingerprint density at radius 1 is 1.44 bits per heavy atom. The Hall–Kier alpha value is -0.610. The number of carbonyl (C=O) groups is 1. The zero-order valence-corrected chi connectivity index (χ0v) is 10.5. The molecule has 0 aliphatic carbocycles. The number of rotatable bonds is 3. The van der Waals surface area contributed by atoms with Gasteiger partial charge in [-0.2, -0.15) is 0 Å². The van der Waals surface area contributed by atoms with E-state index in [4.69, 9.17) is 15.2 Å². The first kappa shape index (κ1) is 13.5. The maximum atomic E-state index is 11.7. The van der Waals surface area contributed by atoms with Crippen molar-refractivity contribution in [2.45, 2.75) is 39.7 Å². The first-order valence-electron chi connectivity index (χ1n) is 5.91. The summed E-state index contributed by atoms with van der Waals surface area (Å²) in [6.45, 7) is 7.83. The monoisotopic (exact) mass is 229 g/mol. The van der Waals surface area contributed by atoms with Crippen molar-refractivity contribution in [3.63, 3.8) is 0 Å². The van der Waals surface area contributed by atoms with Crippen LogP contribution in [-0.2, 0) is 14.3 Å². The lowest BCUT2D eigenvalue weighted by atomic mass is 9.87. The number of esters is 1. The maximum Gasteiger partial charge on any atom is 0.323 e. The molecule has 1 heterocycles. The minimum absolute atomic E-state index is 0.243. The van der Waals surface area contributed by atoms with E-state index < -0.39 is 6.04 Å². The number of hydrogen-bond donors (Lipinski definition) is 1. The fraction of sp³-hybridized carbons (Fsp3) is 0.917. The molecular weight excluding hydrogens is 206 g/mol. The van der Waals surface area contributed by atoms with Crippen LogP contribution in [0.3, 0.4) is 0 Å². The molecule has 1 fully saturated rings. The number of carbonyl (C=O) groups excluding carboxylic acids is 1. The Morgan fingerprint density at radius 2 is 2.00 bits per heavy atom. The van der Waals surface area contributed by atoms with Gasteiger partial charge in [-0.1, -0.05) is 20.8 Å². The third-order valence-corrected chi connectivity index (χ3v) is 2.99. The van der Waals surface area contributed by atoms with Crippen molar-refractivity contribution in [3.8, 4) is 0 Å². The van der Waals surface area contributed by atoms with Crippen LogP contribution in [0.4, 0.5) is 0 Å². The quantitative estimate of drug-likeness (QED) is 0.742. The molecule has 1 saturated heterocycles.